The van der Waals surface area contributed by atoms with Crippen molar-refractivity contribution in [1.82, 2.24) is 0 Å². The van der Waals surface area contributed by atoms with Crippen molar-refractivity contribution in [3.05, 3.63) is 42.0 Å². The highest BCUT2D eigenvalue weighted by molar-refractivity contribution is 5.92. The second-order valence-corrected chi connectivity index (χ2v) is 3.86. The first-order valence-electron chi connectivity index (χ1n) is 6.17. The maximum Gasteiger partial charge on any atom is 0.331 e. The summed E-state index contributed by atoms with van der Waals surface area (Å²) < 4.78 is 9.50. The SMILES string of the molecule is CCOC(=O)/C=C(/CCC(=O)OC)c1ccccc1. The van der Waals surface area contributed by atoms with E-state index in [-0.39, 0.29) is 12.4 Å². The average Bonchev–Trinajstić information content (AvgIpc) is 2.44. The van der Waals surface area contributed by atoms with E-state index in [4.69, 9.17) is 4.74 Å². The zero-order chi connectivity index (χ0) is 14.1. The Hall–Kier alpha value is -2.10. The van der Waals surface area contributed by atoms with Gasteiger partial charge in [-0.1, -0.05) is 30.3 Å². The van der Waals surface area contributed by atoms with E-state index in [1.165, 1.54) is 13.2 Å². The lowest BCUT2D eigenvalue weighted by atomic mass is 10.0. The summed E-state index contributed by atoms with van der Waals surface area (Å²) in [6.07, 6.45) is 2.11. The number of hydrogen-bond donors (Lipinski definition) is 0. The van der Waals surface area contributed by atoms with E-state index in [1.807, 2.05) is 30.3 Å². The first-order chi connectivity index (χ1) is 9.17. The molecule has 4 nitrogen and oxygen atoms in total. The number of ether oxygens (including phenoxy) is 2. The molecule has 102 valence electrons. The predicted molar refractivity (Wildman–Crippen MR) is 72.3 cm³/mol. The zero-order valence-electron chi connectivity index (χ0n) is 11.2. The van der Waals surface area contributed by atoms with Crippen molar-refractivity contribution in [2.24, 2.45) is 0 Å². The van der Waals surface area contributed by atoms with Crippen molar-refractivity contribution in [3.8, 4) is 0 Å². The largest absolute Gasteiger partial charge is 0.469 e. The number of esters is 2. The Labute approximate surface area is 113 Å². The Kier molecular flexibility index (Phi) is 6.36. The number of carbonyl (C=O) groups is 2. The predicted octanol–water partition coefficient (Wildman–Crippen LogP) is 2.59. The molecule has 0 N–H and O–H groups in total. The lowest BCUT2D eigenvalue weighted by Crippen LogP contribution is -2.04. The van der Waals surface area contributed by atoms with Gasteiger partial charge < -0.3 is 9.47 Å². The van der Waals surface area contributed by atoms with E-state index in [2.05, 4.69) is 4.74 Å². The van der Waals surface area contributed by atoms with Gasteiger partial charge in [0.05, 0.1) is 13.7 Å². The molecule has 0 aliphatic carbocycles. The summed E-state index contributed by atoms with van der Waals surface area (Å²) in [5.74, 6) is -0.697. The first kappa shape index (κ1) is 15.0. The van der Waals surface area contributed by atoms with Crippen molar-refractivity contribution in [1.29, 1.82) is 0 Å². The zero-order valence-corrected chi connectivity index (χ0v) is 11.2. The molecule has 0 heterocycles. The van der Waals surface area contributed by atoms with Gasteiger partial charge in [-0.2, -0.15) is 0 Å². The lowest BCUT2D eigenvalue weighted by molar-refractivity contribution is -0.140. The molecule has 0 saturated carbocycles. The van der Waals surface area contributed by atoms with E-state index in [9.17, 15) is 9.59 Å². The van der Waals surface area contributed by atoms with Gasteiger partial charge in [0.1, 0.15) is 0 Å². The molecule has 0 bridgehead atoms. The standard InChI is InChI=1S/C15H18O4/c1-3-19-15(17)11-13(9-10-14(16)18-2)12-7-5-4-6-8-12/h4-8,11H,3,9-10H2,1-2H3/b13-11-. The van der Waals surface area contributed by atoms with Gasteiger partial charge in [-0.15, -0.1) is 0 Å². The number of benzene rings is 1. The fraction of sp³-hybridized carbons (Fsp3) is 0.333. The Morgan fingerprint density at radius 2 is 1.84 bits per heavy atom. The van der Waals surface area contributed by atoms with E-state index >= 15 is 0 Å². The number of methoxy groups -OCH3 is 1. The monoisotopic (exact) mass is 262 g/mol. The van der Waals surface area contributed by atoms with Crippen LogP contribution in [0.5, 0.6) is 0 Å². The van der Waals surface area contributed by atoms with Gasteiger partial charge in [-0.05, 0) is 24.5 Å². The molecule has 0 saturated heterocycles. The second kappa shape index (κ2) is 8.08. The van der Waals surface area contributed by atoms with Crippen LogP contribution in [-0.2, 0) is 19.1 Å². The van der Waals surface area contributed by atoms with Crippen molar-refractivity contribution >= 4 is 17.5 Å². The number of carbonyl (C=O) groups excluding carboxylic acids is 2. The van der Waals surface area contributed by atoms with Gasteiger partial charge in [0.2, 0.25) is 0 Å². The highest BCUT2D eigenvalue weighted by Gasteiger charge is 2.08. The van der Waals surface area contributed by atoms with Crippen molar-refractivity contribution < 1.29 is 19.1 Å². The minimum atomic E-state index is -0.397. The average molecular weight is 262 g/mol. The smallest absolute Gasteiger partial charge is 0.331 e. The van der Waals surface area contributed by atoms with Crippen molar-refractivity contribution in [3.63, 3.8) is 0 Å². The molecule has 0 fully saturated rings. The molecule has 4 heteroatoms. The molecular weight excluding hydrogens is 244 g/mol. The third-order valence-corrected chi connectivity index (χ3v) is 2.55. The molecule has 19 heavy (non-hydrogen) atoms. The molecule has 0 aromatic heterocycles. The summed E-state index contributed by atoms with van der Waals surface area (Å²) in [5, 5.41) is 0. The number of rotatable bonds is 6. The van der Waals surface area contributed by atoms with Crippen LogP contribution in [0.25, 0.3) is 5.57 Å². The molecule has 0 unspecified atom stereocenters. The van der Waals surface area contributed by atoms with Crippen LogP contribution in [0.2, 0.25) is 0 Å². The van der Waals surface area contributed by atoms with Crippen molar-refractivity contribution in [2.45, 2.75) is 19.8 Å². The summed E-state index contributed by atoms with van der Waals surface area (Å²) in [6.45, 7) is 2.08. The van der Waals surface area contributed by atoms with E-state index in [0.717, 1.165) is 11.1 Å². The van der Waals surface area contributed by atoms with E-state index < -0.39 is 5.97 Å². The molecule has 0 atom stereocenters. The highest BCUT2D eigenvalue weighted by Crippen LogP contribution is 2.20. The fourth-order valence-electron chi connectivity index (χ4n) is 1.62. The topological polar surface area (TPSA) is 52.6 Å². The van der Waals surface area contributed by atoms with Crippen LogP contribution in [0.3, 0.4) is 0 Å². The van der Waals surface area contributed by atoms with Crippen LogP contribution in [0.1, 0.15) is 25.3 Å². The minimum Gasteiger partial charge on any atom is -0.469 e. The molecular formula is C15H18O4. The van der Waals surface area contributed by atoms with Crippen LogP contribution < -0.4 is 0 Å². The molecule has 1 rings (SSSR count). The first-order valence-corrected chi connectivity index (χ1v) is 6.17. The summed E-state index contributed by atoms with van der Waals surface area (Å²) in [7, 11) is 1.35. The summed E-state index contributed by atoms with van der Waals surface area (Å²) >= 11 is 0. The van der Waals surface area contributed by atoms with Gasteiger partial charge in [0.15, 0.2) is 0 Å². The van der Waals surface area contributed by atoms with Crippen LogP contribution >= 0.6 is 0 Å². The minimum absolute atomic E-state index is 0.233. The van der Waals surface area contributed by atoms with Crippen molar-refractivity contribution in [2.75, 3.05) is 13.7 Å². The molecule has 1 aromatic rings. The third-order valence-electron chi connectivity index (χ3n) is 2.55. The van der Waals surface area contributed by atoms with Crippen LogP contribution in [0, 0.1) is 0 Å². The number of hydrogen-bond acceptors (Lipinski definition) is 4. The molecule has 0 aliphatic heterocycles. The van der Waals surface area contributed by atoms with Gasteiger partial charge in [-0.25, -0.2) is 4.79 Å². The summed E-state index contributed by atoms with van der Waals surface area (Å²) in [5.41, 5.74) is 1.67. The van der Waals surface area contributed by atoms with Crippen LogP contribution in [0.15, 0.2) is 36.4 Å². The molecule has 0 amide bonds. The second-order valence-electron chi connectivity index (χ2n) is 3.86. The van der Waals surface area contributed by atoms with E-state index in [1.54, 1.807) is 6.92 Å². The van der Waals surface area contributed by atoms with Gasteiger partial charge in [0, 0.05) is 12.5 Å². The molecule has 1 aromatic carbocycles. The third kappa shape index (κ3) is 5.38. The molecule has 0 spiro atoms. The Bertz CT molecular complexity index is 448. The van der Waals surface area contributed by atoms with Crippen LogP contribution in [0.4, 0.5) is 0 Å². The molecule has 0 aliphatic rings. The quantitative estimate of drug-likeness (QED) is 0.584. The van der Waals surface area contributed by atoms with E-state index in [0.29, 0.717) is 13.0 Å². The normalized spacial score (nSPS) is 10.9. The van der Waals surface area contributed by atoms with Gasteiger partial charge in [-0.3, -0.25) is 4.79 Å². The van der Waals surface area contributed by atoms with Gasteiger partial charge in [0.25, 0.3) is 0 Å². The summed E-state index contributed by atoms with van der Waals surface area (Å²) in [4.78, 5) is 22.7. The number of allylic oxidation sites excluding steroid dienone is 1. The lowest BCUT2D eigenvalue weighted by Gasteiger charge is -2.07. The Morgan fingerprint density at radius 3 is 2.42 bits per heavy atom. The summed E-state index contributed by atoms with van der Waals surface area (Å²) in [6, 6.07) is 9.44. The molecule has 0 radical (unpaired) electrons. The van der Waals surface area contributed by atoms with Gasteiger partial charge >= 0.3 is 11.9 Å². The Balaban J connectivity index is 2.85. The maximum atomic E-state index is 11.5. The van der Waals surface area contributed by atoms with Crippen LogP contribution in [-0.4, -0.2) is 25.7 Å². The highest BCUT2D eigenvalue weighted by atomic mass is 16.5. The Morgan fingerprint density at radius 1 is 1.16 bits per heavy atom. The fourth-order valence-corrected chi connectivity index (χ4v) is 1.62. The maximum absolute atomic E-state index is 11.5.